The Morgan fingerprint density at radius 2 is 2.19 bits per heavy atom. The first kappa shape index (κ1) is 20.1. The lowest BCUT2D eigenvalue weighted by Crippen LogP contribution is -2.47. The van der Waals surface area contributed by atoms with Gasteiger partial charge in [-0.05, 0) is 43.4 Å². The van der Waals surface area contributed by atoms with Gasteiger partial charge in [-0.2, -0.15) is 16.1 Å². The number of nitrogens with one attached hydrogen (secondary N) is 1. The van der Waals surface area contributed by atoms with Gasteiger partial charge in [-0.15, -0.1) is 11.3 Å². The van der Waals surface area contributed by atoms with Crippen LogP contribution in [0.25, 0.3) is 0 Å². The third-order valence-electron chi connectivity index (χ3n) is 5.12. The monoisotopic (exact) mass is 418 g/mol. The minimum atomic E-state index is -3.37. The van der Waals surface area contributed by atoms with E-state index in [1.807, 2.05) is 6.26 Å². The highest BCUT2D eigenvalue weighted by Gasteiger charge is 2.44. The van der Waals surface area contributed by atoms with Gasteiger partial charge >= 0.3 is 0 Å². The van der Waals surface area contributed by atoms with Crippen molar-refractivity contribution in [2.45, 2.75) is 48.0 Å². The van der Waals surface area contributed by atoms with Crippen molar-refractivity contribution in [1.29, 1.82) is 0 Å². The zero-order valence-corrected chi connectivity index (χ0v) is 17.4. The summed E-state index contributed by atoms with van der Waals surface area (Å²) in [4.78, 5) is 11.7. The number of piperidine rings is 1. The van der Waals surface area contributed by atoms with Crippen LogP contribution in [0.2, 0.25) is 0 Å². The maximum absolute atomic E-state index is 12.6. The Bertz CT molecular complexity index is 698. The minimum absolute atomic E-state index is 0.0358. The first-order valence-electron chi connectivity index (χ1n) is 8.92. The van der Waals surface area contributed by atoms with E-state index in [1.165, 1.54) is 11.3 Å². The molecule has 26 heavy (non-hydrogen) atoms. The lowest BCUT2D eigenvalue weighted by molar-refractivity contribution is -0.122. The molecule has 2 fully saturated rings. The molecule has 3 heterocycles. The zero-order chi connectivity index (χ0) is 18.6. The number of hydrogen-bond donors (Lipinski definition) is 1. The highest BCUT2D eigenvalue weighted by Crippen LogP contribution is 2.40. The summed E-state index contributed by atoms with van der Waals surface area (Å²) in [6.45, 7) is 1.53. The van der Waals surface area contributed by atoms with Crippen LogP contribution in [-0.4, -0.2) is 62.0 Å². The molecule has 1 amide bonds. The fraction of sp³-hybridized carbons (Fsp3) is 0.706. The molecule has 1 aromatic heterocycles. The molecule has 2 aliphatic heterocycles. The largest absolute Gasteiger partial charge is 0.370 e. The van der Waals surface area contributed by atoms with Gasteiger partial charge in [0.2, 0.25) is 5.91 Å². The number of sulfonamides is 1. The van der Waals surface area contributed by atoms with Gasteiger partial charge in [-0.25, -0.2) is 8.42 Å². The van der Waals surface area contributed by atoms with E-state index in [0.29, 0.717) is 43.1 Å². The van der Waals surface area contributed by atoms with Gasteiger partial charge < -0.3 is 10.1 Å². The van der Waals surface area contributed by atoms with Crippen molar-refractivity contribution >= 4 is 39.0 Å². The summed E-state index contributed by atoms with van der Waals surface area (Å²) in [6, 6.07) is 3.42. The molecule has 2 aliphatic rings. The van der Waals surface area contributed by atoms with Crippen molar-refractivity contribution in [3.8, 4) is 0 Å². The summed E-state index contributed by atoms with van der Waals surface area (Å²) in [5.74, 6) is 0.899. The molecular formula is C17H26N2O4S3. The summed E-state index contributed by atoms with van der Waals surface area (Å²) >= 11 is 2.92. The van der Waals surface area contributed by atoms with Gasteiger partial charge in [0.25, 0.3) is 10.0 Å². The highest BCUT2D eigenvalue weighted by molar-refractivity contribution is 7.98. The second-order valence-electron chi connectivity index (χ2n) is 6.84. The number of ether oxygens (including phenoxy) is 1. The van der Waals surface area contributed by atoms with Gasteiger partial charge in [0.1, 0.15) is 4.21 Å². The Balaban J connectivity index is 1.48. The van der Waals surface area contributed by atoms with Crippen LogP contribution in [0.4, 0.5) is 0 Å². The van der Waals surface area contributed by atoms with Crippen molar-refractivity contribution in [2.75, 3.05) is 31.6 Å². The molecular weight excluding hydrogens is 392 g/mol. The standard InChI is InChI=1S/C17H26N2O4S3/c1-24-12-5-15(20)18-13-14-4-6-17(23-14)7-9-19(10-8-17)26(21,22)16-3-2-11-25-16/h2-3,11,14H,4-10,12-13H2,1H3,(H,18,20). The fourth-order valence-electron chi connectivity index (χ4n) is 3.59. The molecule has 1 unspecified atom stereocenters. The molecule has 9 heteroatoms. The lowest BCUT2D eigenvalue weighted by Gasteiger charge is -2.38. The van der Waals surface area contributed by atoms with Crippen molar-refractivity contribution < 1.29 is 17.9 Å². The van der Waals surface area contributed by atoms with Gasteiger partial charge in [-0.1, -0.05) is 6.07 Å². The smallest absolute Gasteiger partial charge is 0.252 e. The molecule has 1 N–H and O–H groups in total. The van der Waals surface area contributed by atoms with Crippen LogP contribution in [-0.2, 0) is 19.6 Å². The minimum Gasteiger partial charge on any atom is -0.370 e. The first-order chi connectivity index (χ1) is 12.5. The Hall–Kier alpha value is -0.610. The predicted molar refractivity (Wildman–Crippen MR) is 105 cm³/mol. The molecule has 0 radical (unpaired) electrons. The number of thioether (sulfide) groups is 1. The van der Waals surface area contributed by atoms with E-state index in [1.54, 1.807) is 33.6 Å². The van der Waals surface area contributed by atoms with Gasteiger partial charge in [0.05, 0.1) is 11.7 Å². The summed E-state index contributed by atoms with van der Waals surface area (Å²) in [7, 11) is -3.37. The molecule has 0 aromatic carbocycles. The topological polar surface area (TPSA) is 75.7 Å². The van der Waals surface area contributed by atoms with E-state index in [4.69, 9.17) is 4.74 Å². The van der Waals surface area contributed by atoms with Gasteiger partial charge in [-0.3, -0.25) is 4.79 Å². The molecule has 0 bridgehead atoms. The van der Waals surface area contributed by atoms with Crippen LogP contribution in [0.15, 0.2) is 21.7 Å². The summed E-state index contributed by atoms with van der Waals surface area (Å²) < 4.78 is 33.5. The second-order valence-corrected chi connectivity index (χ2v) is 10.9. The number of nitrogens with zero attached hydrogens (tertiary/aromatic N) is 1. The van der Waals surface area contributed by atoms with Crippen molar-refractivity contribution in [3.05, 3.63) is 17.5 Å². The van der Waals surface area contributed by atoms with Crippen LogP contribution in [0.3, 0.4) is 0 Å². The summed E-state index contributed by atoms with van der Waals surface area (Å²) in [6.07, 6.45) is 5.85. The highest BCUT2D eigenvalue weighted by atomic mass is 32.2. The van der Waals surface area contributed by atoms with Crippen molar-refractivity contribution in [1.82, 2.24) is 9.62 Å². The van der Waals surface area contributed by atoms with E-state index in [-0.39, 0.29) is 17.6 Å². The number of hydrogen-bond acceptors (Lipinski definition) is 6. The van der Waals surface area contributed by atoms with E-state index in [0.717, 1.165) is 18.6 Å². The molecule has 1 spiro atoms. The van der Waals surface area contributed by atoms with Crippen LogP contribution in [0.1, 0.15) is 32.1 Å². The molecule has 0 saturated carbocycles. The Kier molecular flexibility index (Phi) is 6.66. The van der Waals surface area contributed by atoms with Crippen molar-refractivity contribution in [2.24, 2.45) is 0 Å². The summed E-state index contributed by atoms with van der Waals surface area (Å²) in [5, 5.41) is 4.74. The predicted octanol–water partition coefficient (Wildman–Crippen LogP) is 2.32. The van der Waals surface area contributed by atoms with E-state index in [9.17, 15) is 13.2 Å². The van der Waals surface area contributed by atoms with E-state index < -0.39 is 10.0 Å². The van der Waals surface area contributed by atoms with Crippen LogP contribution in [0.5, 0.6) is 0 Å². The molecule has 1 aromatic rings. The van der Waals surface area contributed by atoms with Crippen molar-refractivity contribution in [3.63, 3.8) is 0 Å². The van der Waals surface area contributed by atoms with Gasteiger partial charge in [0, 0.05) is 31.8 Å². The summed E-state index contributed by atoms with van der Waals surface area (Å²) in [5.41, 5.74) is -0.226. The second kappa shape index (κ2) is 8.60. The maximum atomic E-state index is 12.6. The normalized spacial score (nSPS) is 23.3. The number of carbonyl (C=O) groups excluding carboxylic acids is 1. The molecule has 2 saturated heterocycles. The quantitative estimate of drug-likeness (QED) is 0.735. The first-order valence-corrected chi connectivity index (χ1v) is 12.6. The maximum Gasteiger partial charge on any atom is 0.252 e. The van der Waals surface area contributed by atoms with E-state index >= 15 is 0 Å². The average Bonchev–Trinajstić information content (AvgIpc) is 3.30. The van der Waals surface area contributed by atoms with Gasteiger partial charge in [0.15, 0.2) is 0 Å². The number of thiophene rings is 1. The zero-order valence-electron chi connectivity index (χ0n) is 15.0. The molecule has 3 rings (SSSR count). The number of amides is 1. The lowest BCUT2D eigenvalue weighted by atomic mass is 9.89. The van der Waals surface area contributed by atoms with Crippen LogP contribution in [0, 0.1) is 0 Å². The fourth-order valence-corrected chi connectivity index (χ4v) is 6.56. The SMILES string of the molecule is CSCCC(=O)NCC1CCC2(CCN(S(=O)(=O)c3cccs3)CC2)O1. The number of rotatable bonds is 7. The Morgan fingerprint density at radius 1 is 1.42 bits per heavy atom. The molecule has 6 nitrogen and oxygen atoms in total. The molecule has 146 valence electrons. The third kappa shape index (κ3) is 4.62. The van der Waals surface area contributed by atoms with Crippen LogP contribution >= 0.6 is 23.1 Å². The average molecular weight is 419 g/mol. The Morgan fingerprint density at radius 3 is 2.85 bits per heavy atom. The molecule has 1 atom stereocenters. The molecule has 0 aliphatic carbocycles. The Labute approximate surface area is 163 Å². The van der Waals surface area contributed by atoms with E-state index in [2.05, 4.69) is 5.32 Å². The third-order valence-corrected chi connectivity index (χ3v) is 9.01. The van der Waals surface area contributed by atoms with Crippen LogP contribution < -0.4 is 5.32 Å². The number of carbonyl (C=O) groups is 1.